The van der Waals surface area contributed by atoms with E-state index in [9.17, 15) is 14.4 Å². The molecule has 1 N–H and O–H groups in total. The molecular formula is C21H24Cl3NO9. The molecule has 1 saturated heterocycles. The smallest absolute Gasteiger partial charge is 0.303 e. The SMILES string of the molecule is CC(=O)OC[C@@H]1OC(OC(=N)C(Cl)(Cl)Cl)[C@H](OC(C)=O)[C@@H](OCc2ccccc2)[C@@H]1OC(C)=O. The Balaban J connectivity index is 2.44. The predicted octanol–water partition coefficient (Wildman–Crippen LogP) is 3.09. The van der Waals surface area contributed by atoms with E-state index < -0.39 is 58.3 Å². The van der Waals surface area contributed by atoms with Gasteiger partial charge in [-0.3, -0.25) is 19.8 Å². The maximum absolute atomic E-state index is 11.9. The van der Waals surface area contributed by atoms with Crippen molar-refractivity contribution in [2.75, 3.05) is 6.61 Å². The number of alkyl halides is 3. The van der Waals surface area contributed by atoms with Crippen LogP contribution in [0.25, 0.3) is 0 Å². The number of nitrogens with one attached hydrogen (secondary N) is 1. The summed E-state index contributed by atoms with van der Waals surface area (Å²) in [6.07, 6.45) is -6.37. The fourth-order valence-corrected chi connectivity index (χ4v) is 3.23. The van der Waals surface area contributed by atoms with Crippen LogP contribution in [0.5, 0.6) is 0 Å². The van der Waals surface area contributed by atoms with Crippen LogP contribution in [-0.4, -0.2) is 64.9 Å². The van der Waals surface area contributed by atoms with E-state index in [-0.39, 0.29) is 13.2 Å². The van der Waals surface area contributed by atoms with Crippen LogP contribution in [0.2, 0.25) is 0 Å². The summed E-state index contributed by atoms with van der Waals surface area (Å²) in [6.45, 7) is 3.14. The molecule has 34 heavy (non-hydrogen) atoms. The van der Waals surface area contributed by atoms with Gasteiger partial charge in [0.25, 0.3) is 3.79 Å². The number of hydrogen-bond donors (Lipinski definition) is 1. The third-order valence-corrected chi connectivity index (χ3v) is 4.94. The molecule has 188 valence electrons. The van der Waals surface area contributed by atoms with Crippen LogP contribution < -0.4 is 0 Å². The molecular weight excluding hydrogens is 517 g/mol. The second-order valence-electron chi connectivity index (χ2n) is 7.20. The summed E-state index contributed by atoms with van der Waals surface area (Å²) in [7, 11) is 0. The highest BCUT2D eigenvalue weighted by Gasteiger charge is 2.53. The highest BCUT2D eigenvalue weighted by molar-refractivity contribution is 6.76. The molecule has 1 unspecified atom stereocenters. The van der Waals surface area contributed by atoms with E-state index in [0.29, 0.717) is 0 Å². The summed E-state index contributed by atoms with van der Waals surface area (Å²) in [5.74, 6) is -2.88. The first kappa shape index (κ1) is 28.1. The van der Waals surface area contributed by atoms with Gasteiger partial charge in [-0.25, -0.2) is 0 Å². The van der Waals surface area contributed by atoms with Gasteiger partial charge in [0, 0.05) is 20.8 Å². The molecule has 0 bridgehead atoms. The van der Waals surface area contributed by atoms with Gasteiger partial charge < -0.3 is 28.4 Å². The molecule has 1 aromatic carbocycles. The second kappa shape index (κ2) is 12.6. The Bertz CT molecular complexity index is 878. The summed E-state index contributed by atoms with van der Waals surface area (Å²) in [5, 5.41) is 7.90. The minimum atomic E-state index is -2.25. The number of hydrogen-bond acceptors (Lipinski definition) is 10. The Hall–Kier alpha value is -2.11. The van der Waals surface area contributed by atoms with Gasteiger partial charge in [0.05, 0.1) is 6.61 Å². The first-order chi connectivity index (χ1) is 15.9. The zero-order valence-corrected chi connectivity index (χ0v) is 20.8. The lowest BCUT2D eigenvalue weighted by Crippen LogP contribution is -2.63. The van der Waals surface area contributed by atoms with Crippen molar-refractivity contribution in [3.63, 3.8) is 0 Å². The van der Waals surface area contributed by atoms with Gasteiger partial charge in [-0.2, -0.15) is 0 Å². The maximum Gasteiger partial charge on any atom is 0.303 e. The van der Waals surface area contributed by atoms with Gasteiger partial charge >= 0.3 is 17.9 Å². The fourth-order valence-electron chi connectivity index (χ4n) is 3.10. The minimum Gasteiger partial charge on any atom is -0.463 e. The second-order valence-corrected chi connectivity index (χ2v) is 9.48. The largest absolute Gasteiger partial charge is 0.463 e. The van der Waals surface area contributed by atoms with Gasteiger partial charge in [0.15, 0.2) is 12.2 Å². The Kier molecular flexibility index (Phi) is 10.4. The Labute approximate surface area is 211 Å². The monoisotopic (exact) mass is 539 g/mol. The van der Waals surface area contributed by atoms with Gasteiger partial charge in [-0.05, 0) is 5.56 Å². The van der Waals surface area contributed by atoms with Gasteiger partial charge in [0.2, 0.25) is 12.2 Å². The third kappa shape index (κ3) is 8.59. The van der Waals surface area contributed by atoms with Crippen molar-refractivity contribution in [2.45, 2.75) is 61.9 Å². The molecule has 1 aromatic rings. The summed E-state index contributed by atoms with van der Waals surface area (Å²) < 4.78 is 30.7. The van der Waals surface area contributed by atoms with Gasteiger partial charge in [-0.1, -0.05) is 65.1 Å². The number of benzene rings is 1. The number of rotatable bonds is 8. The van der Waals surface area contributed by atoms with Gasteiger partial charge in [0.1, 0.15) is 18.8 Å². The van der Waals surface area contributed by atoms with E-state index in [1.165, 1.54) is 13.8 Å². The normalized spacial score (nSPS) is 24.6. The molecule has 0 radical (unpaired) electrons. The number of carbonyl (C=O) groups is 3. The van der Waals surface area contributed by atoms with Crippen LogP contribution in [-0.2, 0) is 49.4 Å². The molecule has 0 aromatic heterocycles. The average molecular weight is 541 g/mol. The lowest BCUT2D eigenvalue weighted by molar-refractivity contribution is -0.298. The number of esters is 3. The van der Waals surface area contributed by atoms with E-state index >= 15 is 0 Å². The molecule has 0 spiro atoms. The zero-order chi connectivity index (χ0) is 25.5. The summed E-state index contributed by atoms with van der Waals surface area (Å²) in [4.78, 5) is 35.2. The molecule has 2 rings (SSSR count). The number of halogens is 3. The van der Waals surface area contributed by atoms with Crippen LogP contribution in [0.3, 0.4) is 0 Å². The Morgan fingerprint density at radius 2 is 1.50 bits per heavy atom. The molecule has 13 heteroatoms. The molecule has 0 saturated carbocycles. The van der Waals surface area contributed by atoms with E-state index in [2.05, 4.69) is 0 Å². The molecule has 1 aliphatic heterocycles. The van der Waals surface area contributed by atoms with Crippen molar-refractivity contribution in [3.05, 3.63) is 35.9 Å². The standard InChI is InChI=1S/C21H24Cl3NO9/c1-11(26)29-10-15-16(31-12(2)27)17(30-9-14-7-5-4-6-8-14)18(32-13(3)28)19(33-15)34-20(25)21(22,23)24/h4-8,15-19,25H,9-10H2,1-3H3/t15-,16+,17-,18+,19?/m0/s1. The van der Waals surface area contributed by atoms with E-state index in [1.54, 1.807) is 24.3 Å². The minimum absolute atomic E-state index is 0.0238. The van der Waals surface area contributed by atoms with Crippen LogP contribution in [0, 0.1) is 5.41 Å². The van der Waals surface area contributed by atoms with Crippen molar-refractivity contribution < 1.29 is 42.8 Å². The van der Waals surface area contributed by atoms with Crippen LogP contribution in [0.4, 0.5) is 0 Å². The lowest BCUT2D eigenvalue weighted by Gasteiger charge is -2.44. The van der Waals surface area contributed by atoms with Gasteiger partial charge in [-0.15, -0.1) is 0 Å². The fraction of sp³-hybridized carbons (Fsp3) is 0.524. The van der Waals surface area contributed by atoms with Crippen molar-refractivity contribution in [3.8, 4) is 0 Å². The zero-order valence-electron chi connectivity index (χ0n) is 18.5. The number of carbonyl (C=O) groups excluding carboxylic acids is 3. The molecule has 0 aliphatic carbocycles. The van der Waals surface area contributed by atoms with E-state index in [0.717, 1.165) is 12.5 Å². The summed E-state index contributed by atoms with van der Waals surface area (Å²) in [5.41, 5.74) is 0.764. The molecule has 1 heterocycles. The maximum atomic E-state index is 11.9. The topological polar surface area (TPSA) is 130 Å². The van der Waals surface area contributed by atoms with E-state index in [1.807, 2.05) is 6.07 Å². The summed E-state index contributed by atoms with van der Waals surface area (Å²) in [6, 6.07) is 9.01. The molecule has 0 amide bonds. The first-order valence-electron chi connectivity index (χ1n) is 9.99. The quantitative estimate of drug-likeness (QED) is 0.174. The lowest BCUT2D eigenvalue weighted by atomic mass is 9.98. The highest BCUT2D eigenvalue weighted by atomic mass is 35.6. The molecule has 5 atom stereocenters. The first-order valence-corrected chi connectivity index (χ1v) is 11.1. The van der Waals surface area contributed by atoms with Crippen LogP contribution in [0.15, 0.2) is 30.3 Å². The molecule has 1 aliphatic rings. The van der Waals surface area contributed by atoms with E-state index in [4.69, 9.17) is 68.6 Å². The Morgan fingerprint density at radius 1 is 0.912 bits per heavy atom. The Morgan fingerprint density at radius 3 is 2.03 bits per heavy atom. The average Bonchev–Trinajstić information content (AvgIpc) is 2.73. The summed E-state index contributed by atoms with van der Waals surface area (Å²) >= 11 is 17.2. The van der Waals surface area contributed by atoms with Crippen molar-refractivity contribution >= 4 is 58.6 Å². The number of ether oxygens (including phenoxy) is 6. The van der Waals surface area contributed by atoms with Crippen molar-refractivity contribution in [1.29, 1.82) is 5.41 Å². The van der Waals surface area contributed by atoms with Crippen LogP contribution in [0.1, 0.15) is 26.3 Å². The molecule has 10 nitrogen and oxygen atoms in total. The van der Waals surface area contributed by atoms with Crippen molar-refractivity contribution in [2.24, 2.45) is 0 Å². The third-order valence-electron chi connectivity index (χ3n) is 4.42. The highest BCUT2D eigenvalue weighted by Crippen LogP contribution is 2.34. The van der Waals surface area contributed by atoms with Crippen molar-refractivity contribution in [1.82, 2.24) is 0 Å². The predicted molar refractivity (Wildman–Crippen MR) is 121 cm³/mol. The van der Waals surface area contributed by atoms with Crippen LogP contribution >= 0.6 is 34.8 Å². The molecule has 1 fully saturated rings.